The second kappa shape index (κ2) is 7.02. The Balaban J connectivity index is 1.40. The van der Waals surface area contributed by atoms with Crippen LogP contribution in [-0.2, 0) is 11.2 Å². The van der Waals surface area contributed by atoms with E-state index in [1.165, 1.54) is 0 Å². The number of hydrogen-bond donors (Lipinski definition) is 3. The summed E-state index contributed by atoms with van der Waals surface area (Å²) in [5.41, 5.74) is 5.04. The van der Waals surface area contributed by atoms with Crippen molar-refractivity contribution in [2.75, 3.05) is 10.6 Å². The topological polar surface area (TPSA) is 86.9 Å². The summed E-state index contributed by atoms with van der Waals surface area (Å²) in [4.78, 5) is 33.1. The highest BCUT2D eigenvalue weighted by Gasteiger charge is 2.49. The van der Waals surface area contributed by atoms with E-state index in [-0.39, 0.29) is 23.5 Å². The molecule has 0 radical (unpaired) electrons. The van der Waals surface area contributed by atoms with Gasteiger partial charge in [-0.25, -0.2) is 9.37 Å². The Morgan fingerprint density at radius 2 is 1.94 bits per heavy atom. The third-order valence-electron chi connectivity index (χ3n) is 6.79. The number of fused-ring (bicyclic) bond motifs is 1. The Bertz CT molecular complexity index is 1230. The number of H-pyrrole nitrogens is 1. The number of anilines is 3. The largest absolute Gasteiger partial charge is 0.356 e. The highest BCUT2D eigenvalue weighted by atomic mass is 19.1. The van der Waals surface area contributed by atoms with Crippen LogP contribution in [0.15, 0.2) is 48.7 Å². The summed E-state index contributed by atoms with van der Waals surface area (Å²) in [6.07, 6.45) is 4.46. The predicted octanol–water partition coefficient (Wildman–Crippen LogP) is 5.03. The first-order valence-electron chi connectivity index (χ1n) is 11.0. The average molecular weight is 430 g/mol. The SMILES string of the molecule is O=C1CC2(CC2)Cc2[nH]c(-c3ccnc(NC(=O)[C@H]4C[C@@H]4F)c3)c(Nc3ccccc3)c21. The Morgan fingerprint density at radius 1 is 1.16 bits per heavy atom. The van der Waals surface area contributed by atoms with E-state index in [1.54, 1.807) is 12.3 Å². The fourth-order valence-electron chi connectivity index (χ4n) is 4.70. The van der Waals surface area contributed by atoms with E-state index < -0.39 is 12.1 Å². The van der Waals surface area contributed by atoms with Crippen LogP contribution in [0.25, 0.3) is 11.3 Å². The first-order valence-corrected chi connectivity index (χ1v) is 11.0. The molecule has 6 rings (SSSR count). The summed E-state index contributed by atoms with van der Waals surface area (Å²) in [5, 5.41) is 6.16. The monoisotopic (exact) mass is 430 g/mol. The number of benzene rings is 1. The van der Waals surface area contributed by atoms with Gasteiger partial charge in [-0.2, -0.15) is 0 Å². The van der Waals surface area contributed by atoms with Crippen LogP contribution in [-0.4, -0.2) is 27.8 Å². The van der Waals surface area contributed by atoms with Gasteiger partial charge in [0.2, 0.25) is 5.91 Å². The van der Waals surface area contributed by atoms with E-state index in [0.29, 0.717) is 12.2 Å². The number of aromatic amines is 1. The molecule has 1 spiro atoms. The minimum atomic E-state index is -1.06. The minimum absolute atomic E-state index is 0.126. The molecule has 1 amide bonds. The van der Waals surface area contributed by atoms with Gasteiger partial charge in [-0.15, -0.1) is 0 Å². The fraction of sp³-hybridized carbons (Fsp3) is 0.320. The summed E-state index contributed by atoms with van der Waals surface area (Å²) in [6, 6.07) is 13.4. The van der Waals surface area contributed by atoms with E-state index in [1.807, 2.05) is 36.4 Å². The first-order chi connectivity index (χ1) is 15.5. The number of nitrogens with one attached hydrogen (secondary N) is 3. The summed E-state index contributed by atoms with van der Waals surface area (Å²) >= 11 is 0. The molecule has 3 N–H and O–H groups in total. The van der Waals surface area contributed by atoms with Gasteiger partial charge in [0.15, 0.2) is 5.78 Å². The van der Waals surface area contributed by atoms with Crippen LogP contribution in [0.4, 0.5) is 21.6 Å². The van der Waals surface area contributed by atoms with Crippen LogP contribution in [0.5, 0.6) is 0 Å². The van der Waals surface area contributed by atoms with E-state index >= 15 is 0 Å². The van der Waals surface area contributed by atoms with Crippen LogP contribution < -0.4 is 10.6 Å². The van der Waals surface area contributed by atoms with E-state index in [0.717, 1.165) is 53.2 Å². The highest BCUT2D eigenvalue weighted by Crippen LogP contribution is 2.56. The van der Waals surface area contributed by atoms with Gasteiger partial charge in [-0.1, -0.05) is 18.2 Å². The van der Waals surface area contributed by atoms with Gasteiger partial charge in [-0.05, 0) is 55.4 Å². The third kappa shape index (κ3) is 3.38. The molecule has 7 heteroatoms. The number of pyridine rings is 1. The van der Waals surface area contributed by atoms with E-state index in [9.17, 15) is 14.0 Å². The summed E-state index contributed by atoms with van der Waals surface area (Å²) in [7, 11) is 0. The number of alkyl halides is 1. The van der Waals surface area contributed by atoms with Crippen molar-refractivity contribution in [3.8, 4) is 11.3 Å². The summed E-state index contributed by atoms with van der Waals surface area (Å²) < 4.78 is 13.2. The summed E-state index contributed by atoms with van der Waals surface area (Å²) in [5.74, 6) is -0.396. The maximum atomic E-state index is 13.2. The van der Waals surface area contributed by atoms with Crippen LogP contribution in [0.3, 0.4) is 0 Å². The lowest BCUT2D eigenvalue weighted by molar-refractivity contribution is -0.117. The maximum absolute atomic E-state index is 13.2. The second-order valence-electron chi connectivity index (χ2n) is 9.27. The second-order valence-corrected chi connectivity index (χ2v) is 9.27. The number of carbonyl (C=O) groups excluding carboxylic acids is 2. The number of carbonyl (C=O) groups is 2. The minimum Gasteiger partial charge on any atom is -0.356 e. The lowest BCUT2D eigenvalue weighted by atomic mass is 9.83. The highest BCUT2D eigenvalue weighted by molar-refractivity contribution is 6.08. The first kappa shape index (κ1) is 19.2. The van der Waals surface area contributed by atoms with Gasteiger partial charge in [-0.3, -0.25) is 9.59 Å². The smallest absolute Gasteiger partial charge is 0.231 e. The van der Waals surface area contributed by atoms with Crippen LogP contribution in [0, 0.1) is 11.3 Å². The molecule has 2 saturated carbocycles. The molecule has 1 aromatic carbocycles. The van der Waals surface area contributed by atoms with Crippen molar-refractivity contribution in [2.45, 2.75) is 38.3 Å². The fourth-order valence-corrected chi connectivity index (χ4v) is 4.70. The Hall–Kier alpha value is -3.48. The quantitative estimate of drug-likeness (QED) is 0.530. The molecule has 32 heavy (non-hydrogen) atoms. The molecule has 2 heterocycles. The van der Waals surface area contributed by atoms with Crippen LogP contribution in [0.2, 0.25) is 0 Å². The normalized spacial score (nSPS) is 22.3. The lowest BCUT2D eigenvalue weighted by Gasteiger charge is -2.21. The number of ketones is 1. The number of hydrogen-bond acceptors (Lipinski definition) is 4. The Morgan fingerprint density at radius 3 is 2.66 bits per heavy atom. The molecule has 6 nitrogen and oxygen atoms in total. The van der Waals surface area contributed by atoms with Crippen molar-refractivity contribution in [3.63, 3.8) is 0 Å². The number of aromatic nitrogens is 2. The molecular formula is C25H23FN4O2. The molecule has 0 unspecified atom stereocenters. The lowest BCUT2D eigenvalue weighted by Crippen LogP contribution is -2.21. The number of halogens is 1. The zero-order valence-electron chi connectivity index (χ0n) is 17.5. The van der Waals surface area contributed by atoms with Crippen molar-refractivity contribution in [3.05, 3.63) is 59.9 Å². The molecular weight excluding hydrogens is 407 g/mol. The van der Waals surface area contributed by atoms with E-state index in [2.05, 4.69) is 20.6 Å². The Kier molecular flexibility index (Phi) is 4.22. The van der Waals surface area contributed by atoms with Crippen molar-refractivity contribution in [1.29, 1.82) is 0 Å². The van der Waals surface area contributed by atoms with Crippen molar-refractivity contribution in [2.24, 2.45) is 11.3 Å². The third-order valence-corrected chi connectivity index (χ3v) is 6.79. The number of Topliss-reactive ketones (excluding diaryl/α,β-unsaturated/α-hetero) is 1. The predicted molar refractivity (Wildman–Crippen MR) is 120 cm³/mol. The maximum Gasteiger partial charge on any atom is 0.231 e. The number of rotatable bonds is 5. The van der Waals surface area contributed by atoms with Gasteiger partial charge in [0.25, 0.3) is 0 Å². The van der Waals surface area contributed by atoms with E-state index in [4.69, 9.17) is 0 Å². The van der Waals surface area contributed by atoms with Crippen LogP contribution in [0.1, 0.15) is 41.7 Å². The van der Waals surface area contributed by atoms with Gasteiger partial charge in [0.1, 0.15) is 12.0 Å². The van der Waals surface area contributed by atoms with Crippen molar-refractivity contribution in [1.82, 2.24) is 9.97 Å². The van der Waals surface area contributed by atoms with Gasteiger partial charge in [0.05, 0.1) is 22.9 Å². The molecule has 0 aliphatic heterocycles. The molecule has 3 aromatic rings. The molecule has 162 valence electrons. The summed E-state index contributed by atoms with van der Waals surface area (Å²) in [6.45, 7) is 0. The molecule has 2 fully saturated rings. The molecule has 3 aliphatic carbocycles. The number of para-hydroxylation sites is 1. The molecule has 0 saturated heterocycles. The van der Waals surface area contributed by atoms with Gasteiger partial charge < -0.3 is 15.6 Å². The standard InChI is InChI=1S/C25H23FN4O2/c26-17-11-16(17)24(32)30-20-10-14(6-9-27-20)22-23(28-15-4-2-1-3-5-15)21-18(29-22)12-25(7-8-25)13-19(21)31/h1-6,9-10,16-17,28-29H,7-8,11-13H2,(H,27,30,32)/t16-,17-/m0/s1. The molecule has 0 bridgehead atoms. The average Bonchev–Trinajstić information content (AvgIpc) is 3.67. The molecule has 3 aliphatic rings. The molecule has 2 atom stereocenters. The zero-order valence-corrected chi connectivity index (χ0v) is 17.5. The van der Waals surface area contributed by atoms with Gasteiger partial charge >= 0.3 is 0 Å². The van der Waals surface area contributed by atoms with Gasteiger partial charge in [0, 0.05) is 29.6 Å². The van der Waals surface area contributed by atoms with Crippen molar-refractivity contribution < 1.29 is 14.0 Å². The van der Waals surface area contributed by atoms with Crippen LogP contribution >= 0.6 is 0 Å². The number of amides is 1. The Labute approximate surface area is 184 Å². The molecule has 2 aromatic heterocycles. The van der Waals surface area contributed by atoms with Crippen molar-refractivity contribution >= 4 is 28.9 Å². The number of nitrogens with zero attached hydrogens (tertiary/aromatic N) is 1. The zero-order chi connectivity index (χ0) is 21.9.